The molecule has 0 aliphatic carbocycles. The van der Waals surface area contributed by atoms with E-state index in [1.54, 1.807) is 19.1 Å². The molecule has 1 atom stereocenters. The number of rotatable bonds is 3. The molecule has 0 fully saturated rings. The van der Waals surface area contributed by atoms with Gasteiger partial charge in [0.25, 0.3) is 0 Å². The van der Waals surface area contributed by atoms with E-state index in [1.807, 2.05) is 18.2 Å². The molecule has 1 aliphatic rings. The second kappa shape index (κ2) is 4.68. The van der Waals surface area contributed by atoms with E-state index in [1.165, 1.54) is 0 Å². The Hall–Kier alpha value is -1.32. The molecule has 0 saturated heterocycles. The van der Waals surface area contributed by atoms with E-state index in [4.69, 9.17) is 21.1 Å². The Labute approximate surface area is 98.6 Å². The standard InChI is InChI=1S/C12H11ClO3/c1-8-6-11(16-12(8)14)15-7-9-4-2-3-5-10(9)13/h2-6,11H,7H2,1H3. The molecule has 3 nitrogen and oxygen atoms in total. The zero-order valence-corrected chi connectivity index (χ0v) is 9.53. The smallest absolute Gasteiger partial charge is 0.336 e. The summed E-state index contributed by atoms with van der Waals surface area (Å²) in [7, 11) is 0. The summed E-state index contributed by atoms with van der Waals surface area (Å²) in [6.07, 6.45) is 1.06. The van der Waals surface area contributed by atoms with Gasteiger partial charge in [0.15, 0.2) is 0 Å². The molecule has 84 valence electrons. The second-order valence-corrected chi connectivity index (χ2v) is 3.93. The Morgan fingerprint density at radius 1 is 1.44 bits per heavy atom. The Morgan fingerprint density at radius 2 is 2.19 bits per heavy atom. The van der Waals surface area contributed by atoms with Gasteiger partial charge in [0, 0.05) is 10.6 Å². The van der Waals surface area contributed by atoms with Crippen LogP contribution in [0.25, 0.3) is 0 Å². The molecule has 0 spiro atoms. The summed E-state index contributed by atoms with van der Waals surface area (Å²) in [5, 5.41) is 0.646. The Kier molecular flexibility index (Phi) is 3.27. The summed E-state index contributed by atoms with van der Waals surface area (Å²) in [6.45, 7) is 2.02. The fourth-order valence-corrected chi connectivity index (χ4v) is 1.56. The van der Waals surface area contributed by atoms with Gasteiger partial charge in [-0.3, -0.25) is 0 Å². The van der Waals surface area contributed by atoms with Crippen molar-refractivity contribution < 1.29 is 14.3 Å². The zero-order chi connectivity index (χ0) is 11.5. The SMILES string of the molecule is CC1=CC(OCc2ccccc2Cl)OC1=O. The molecule has 0 aromatic heterocycles. The Balaban J connectivity index is 1.94. The monoisotopic (exact) mass is 238 g/mol. The third-order valence-corrected chi connectivity index (χ3v) is 2.66. The van der Waals surface area contributed by atoms with Crippen molar-refractivity contribution in [3.05, 3.63) is 46.5 Å². The molecule has 1 aromatic rings. The Bertz CT molecular complexity index is 440. The van der Waals surface area contributed by atoms with Crippen molar-refractivity contribution in [2.24, 2.45) is 0 Å². The van der Waals surface area contributed by atoms with Gasteiger partial charge < -0.3 is 9.47 Å². The van der Waals surface area contributed by atoms with Gasteiger partial charge in [-0.05, 0) is 24.6 Å². The maximum atomic E-state index is 11.1. The highest BCUT2D eigenvalue weighted by Gasteiger charge is 2.22. The lowest BCUT2D eigenvalue weighted by atomic mass is 10.2. The summed E-state index contributed by atoms with van der Waals surface area (Å²) >= 11 is 5.96. The van der Waals surface area contributed by atoms with E-state index < -0.39 is 6.29 Å². The fraction of sp³-hybridized carbons (Fsp3) is 0.250. The first-order valence-corrected chi connectivity index (χ1v) is 5.29. The number of cyclic esters (lactones) is 1. The van der Waals surface area contributed by atoms with E-state index in [-0.39, 0.29) is 5.97 Å². The molecule has 1 aromatic carbocycles. The van der Waals surface area contributed by atoms with Crippen LogP contribution in [0.15, 0.2) is 35.9 Å². The van der Waals surface area contributed by atoms with Gasteiger partial charge in [-0.15, -0.1) is 0 Å². The lowest BCUT2D eigenvalue weighted by Crippen LogP contribution is -2.12. The van der Waals surface area contributed by atoms with E-state index in [9.17, 15) is 4.79 Å². The van der Waals surface area contributed by atoms with Crippen LogP contribution in [0, 0.1) is 0 Å². The molecule has 1 aliphatic heterocycles. The summed E-state index contributed by atoms with van der Waals surface area (Å²) < 4.78 is 10.3. The number of carbonyl (C=O) groups excluding carboxylic acids is 1. The van der Waals surface area contributed by atoms with Crippen molar-refractivity contribution in [2.75, 3.05) is 0 Å². The average Bonchev–Trinajstić information content (AvgIpc) is 2.57. The van der Waals surface area contributed by atoms with Crippen molar-refractivity contribution in [1.82, 2.24) is 0 Å². The van der Waals surface area contributed by atoms with Gasteiger partial charge in [-0.25, -0.2) is 4.79 Å². The first kappa shape index (κ1) is 11.2. The zero-order valence-electron chi connectivity index (χ0n) is 8.77. The molecular weight excluding hydrogens is 228 g/mol. The minimum Gasteiger partial charge on any atom is -0.429 e. The summed E-state index contributed by atoms with van der Waals surface area (Å²) in [5.41, 5.74) is 1.45. The van der Waals surface area contributed by atoms with Crippen molar-refractivity contribution >= 4 is 17.6 Å². The van der Waals surface area contributed by atoms with Crippen LogP contribution in [0.5, 0.6) is 0 Å². The quantitative estimate of drug-likeness (QED) is 0.760. The number of esters is 1. The van der Waals surface area contributed by atoms with Crippen LogP contribution in [0.1, 0.15) is 12.5 Å². The highest BCUT2D eigenvalue weighted by Crippen LogP contribution is 2.19. The van der Waals surface area contributed by atoms with E-state index in [2.05, 4.69) is 0 Å². The number of ether oxygens (including phenoxy) is 2. The first-order valence-electron chi connectivity index (χ1n) is 4.91. The van der Waals surface area contributed by atoms with Crippen LogP contribution < -0.4 is 0 Å². The van der Waals surface area contributed by atoms with Crippen LogP contribution in [-0.2, 0) is 20.9 Å². The molecule has 1 heterocycles. The fourth-order valence-electron chi connectivity index (χ4n) is 1.37. The van der Waals surface area contributed by atoms with Crippen molar-refractivity contribution in [3.63, 3.8) is 0 Å². The predicted octanol–water partition coefficient (Wildman–Crippen LogP) is 2.69. The molecule has 16 heavy (non-hydrogen) atoms. The topological polar surface area (TPSA) is 35.5 Å². The summed E-state index contributed by atoms with van der Waals surface area (Å²) in [5.74, 6) is -0.329. The highest BCUT2D eigenvalue weighted by molar-refractivity contribution is 6.31. The van der Waals surface area contributed by atoms with Crippen LogP contribution >= 0.6 is 11.6 Å². The van der Waals surface area contributed by atoms with Gasteiger partial charge in [0.05, 0.1) is 6.61 Å². The van der Waals surface area contributed by atoms with Crippen LogP contribution in [-0.4, -0.2) is 12.3 Å². The molecule has 0 saturated carbocycles. The number of carbonyl (C=O) groups is 1. The van der Waals surface area contributed by atoms with Crippen LogP contribution in [0.2, 0.25) is 5.02 Å². The molecule has 4 heteroatoms. The number of benzene rings is 1. The van der Waals surface area contributed by atoms with Crippen LogP contribution in [0.4, 0.5) is 0 Å². The molecule has 0 amide bonds. The summed E-state index contributed by atoms with van der Waals surface area (Å²) in [4.78, 5) is 11.1. The van der Waals surface area contributed by atoms with Gasteiger partial charge in [-0.1, -0.05) is 29.8 Å². The van der Waals surface area contributed by atoms with Gasteiger partial charge >= 0.3 is 5.97 Å². The predicted molar refractivity (Wildman–Crippen MR) is 59.9 cm³/mol. The lowest BCUT2D eigenvalue weighted by Gasteiger charge is -2.10. The van der Waals surface area contributed by atoms with Gasteiger partial charge in [0.2, 0.25) is 6.29 Å². The maximum Gasteiger partial charge on any atom is 0.336 e. The molecular formula is C12H11ClO3. The normalized spacial score (nSPS) is 19.5. The Morgan fingerprint density at radius 3 is 2.81 bits per heavy atom. The average molecular weight is 239 g/mol. The first-order chi connectivity index (χ1) is 7.66. The maximum absolute atomic E-state index is 11.1. The number of hydrogen-bond acceptors (Lipinski definition) is 3. The largest absolute Gasteiger partial charge is 0.429 e. The van der Waals surface area contributed by atoms with Crippen LogP contribution in [0.3, 0.4) is 0 Å². The van der Waals surface area contributed by atoms with Crippen molar-refractivity contribution in [3.8, 4) is 0 Å². The van der Waals surface area contributed by atoms with E-state index >= 15 is 0 Å². The molecule has 2 rings (SSSR count). The van der Waals surface area contributed by atoms with Crippen molar-refractivity contribution in [1.29, 1.82) is 0 Å². The van der Waals surface area contributed by atoms with Crippen molar-refractivity contribution in [2.45, 2.75) is 19.8 Å². The molecule has 0 radical (unpaired) electrons. The second-order valence-electron chi connectivity index (χ2n) is 3.53. The lowest BCUT2D eigenvalue weighted by molar-refractivity contribution is -0.160. The minimum atomic E-state index is -0.594. The molecule has 0 N–H and O–H groups in total. The minimum absolute atomic E-state index is 0.321. The molecule has 1 unspecified atom stereocenters. The van der Waals surface area contributed by atoms with Gasteiger partial charge in [-0.2, -0.15) is 0 Å². The molecule has 0 bridgehead atoms. The number of hydrogen-bond donors (Lipinski definition) is 0. The van der Waals surface area contributed by atoms with E-state index in [0.717, 1.165) is 5.56 Å². The van der Waals surface area contributed by atoms with Gasteiger partial charge in [0.1, 0.15) is 0 Å². The summed E-state index contributed by atoms with van der Waals surface area (Å²) in [6, 6.07) is 7.40. The van der Waals surface area contributed by atoms with E-state index in [0.29, 0.717) is 17.2 Å². The highest BCUT2D eigenvalue weighted by atomic mass is 35.5. The third-order valence-electron chi connectivity index (χ3n) is 2.29. The number of halogens is 1. The third kappa shape index (κ3) is 2.43.